The van der Waals surface area contributed by atoms with Gasteiger partial charge in [-0.25, -0.2) is 0 Å². The molecule has 0 atom stereocenters. The molecule has 2 aromatic rings. The summed E-state index contributed by atoms with van der Waals surface area (Å²) in [6, 6.07) is 6.86. The van der Waals surface area contributed by atoms with Gasteiger partial charge in [0.1, 0.15) is 12.4 Å². The molecule has 0 saturated carbocycles. The molecule has 0 N–H and O–H groups in total. The van der Waals surface area contributed by atoms with E-state index in [2.05, 4.69) is 37.7 Å². The molecule has 1 aromatic heterocycles. The zero-order valence-electron chi connectivity index (χ0n) is 15.3. The van der Waals surface area contributed by atoms with Crippen molar-refractivity contribution in [3.63, 3.8) is 0 Å². The zero-order chi connectivity index (χ0) is 17.7. The van der Waals surface area contributed by atoms with Crippen LogP contribution in [0.25, 0.3) is 0 Å². The molecule has 0 radical (unpaired) electrons. The Bertz CT molecular complexity index is 644. The molecule has 0 aliphatic carbocycles. The first-order valence-corrected chi connectivity index (χ1v) is 8.89. The van der Waals surface area contributed by atoms with E-state index in [1.165, 1.54) is 0 Å². The summed E-state index contributed by atoms with van der Waals surface area (Å²) < 4.78 is 7.89. The van der Waals surface area contributed by atoms with E-state index >= 15 is 0 Å². The average molecular weight is 350 g/mol. The topological polar surface area (TPSA) is 30.3 Å². The Balaban J connectivity index is 2.04. The number of hydrogen-bond acceptors (Lipinski definition) is 3. The average Bonchev–Trinajstić information content (AvgIpc) is 2.90. The van der Waals surface area contributed by atoms with E-state index in [0.29, 0.717) is 23.7 Å². The molecule has 0 aliphatic rings. The molecule has 0 unspecified atom stereocenters. The van der Waals surface area contributed by atoms with Crippen LogP contribution in [0.1, 0.15) is 38.8 Å². The summed E-state index contributed by atoms with van der Waals surface area (Å²) in [6.07, 6.45) is 4.70. The van der Waals surface area contributed by atoms with Crippen LogP contribution < -0.4 is 4.74 Å². The maximum Gasteiger partial charge on any atom is 0.124 e. The highest BCUT2D eigenvalue weighted by molar-refractivity contribution is 6.30. The Morgan fingerprint density at radius 2 is 1.92 bits per heavy atom. The largest absolute Gasteiger partial charge is 0.492 e. The Hall–Kier alpha value is -1.52. The van der Waals surface area contributed by atoms with Crippen LogP contribution in [-0.4, -0.2) is 39.9 Å². The zero-order valence-corrected chi connectivity index (χ0v) is 16.0. The number of halogens is 1. The third-order valence-corrected chi connectivity index (χ3v) is 4.35. The van der Waals surface area contributed by atoms with Crippen molar-refractivity contribution in [2.24, 2.45) is 7.05 Å². The molecule has 24 heavy (non-hydrogen) atoms. The molecule has 2 rings (SSSR count). The van der Waals surface area contributed by atoms with Crippen molar-refractivity contribution in [3.05, 3.63) is 46.7 Å². The lowest BCUT2D eigenvalue weighted by Gasteiger charge is -2.30. The molecule has 0 saturated heterocycles. The molecule has 5 heteroatoms. The number of rotatable bonds is 8. The second kappa shape index (κ2) is 8.54. The lowest BCUT2D eigenvalue weighted by atomic mass is 10.1. The van der Waals surface area contributed by atoms with E-state index in [1.807, 2.05) is 42.3 Å². The van der Waals surface area contributed by atoms with Crippen LogP contribution in [0, 0.1) is 0 Å². The first kappa shape index (κ1) is 18.8. The molecule has 4 nitrogen and oxygen atoms in total. The van der Waals surface area contributed by atoms with Gasteiger partial charge in [-0.1, -0.05) is 17.7 Å². The van der Waals surface area contributed by atoms with Crippen molar-refractivity contribution < 1.29 is 4.74 Å². The number of benzene rings is 1. The maximum absolute atomic E-state index is 6.16. The van der Waals surface area contributed by atoms with Crippen molar-refractivity contribution in [2.45, 2.75) is 46.2 Å². The predicted octanol–water partition coefficient (Wildman–Crippen LogP) is 4.16. The Kier molecular flexibility index (Phi) is 6.69. The van der Waals surface area contributed by atoms with Gasteiger partial charge in [-0.3, -0.25) is 9.58 Å². The molecule has 0 amide bonds. The molecule has 1 aromatic carbocycles. The second-order valence-corrected chi connectivity index (χ2v) is 7.16. The normalized spacial score (nSPS) is 11.7. The monoisotopic (exact) mass is 349 g/mol. The van der Waals surface area contributed by atoms with Crippen molar-refractivity contribution >= 4 is 11.6 Å². The summed E-state index contributed by atoms with van der Waals surface area (Å²) in [5, 5.41) is 4.93. The molecular weight excluding hydrogens is 322 g/mol. The molecule has 1 heterocycles. The van der Waals surface area contributed by atoms with Gasteiger partial charge < -0.3 is 4.74 Å². The fourth-order valence-electron chi connectivity index (χ4n) is 2.97. The molecule has 0 spiro atoms. The van der Waals surface area contributed by atoms with Gasteiger partial charge in [0, 0.05) is 43.3 Å². The molecule has 132 valence electrons. The van der Waals surface area contributed by atoms with Crippen molar-refractivity contribution in [2.75, 3.05) is 13.2 Å². The fourth-order valence-corrected chi connectivity index (χ4v) is 3.13. The van der Waals surface area contributed by atoms with E-state index in [1.54, 1.807) is 0 Å². The first-order chi connectivity index (χ1) is 11.4. The second-order valence-electron chi connectivity index (χ2n) is 6.72. The Labute approximate surface area is 150 Å². The molecule has 0 aliphatic heterocycles. The summed E-state index contributed by atoms with van der Waals surface area (Å²) >= 11 is 6.16. The fraction of sp³-hybridized carbons (Fsp3) is 0.526. The van der Waals surface area contributed by atoms with Crippen molar-refractivity contribution in [3.8, 4) is 5.75 Å². The lowest BCUT2D eigenvalue weighted by molar-refractivity contribution is 0.141. The van der Waals surface area contributed by atoms with E-state index < -0.39 is 0 Å². The number of aryl methyl sites for hydroxylation is 1. The first-order valence-electron chi connectivity index (χ1n) is 8.51. The van der Waals surface area contributed by atoms with Gasteiger partial charge in [0.25, 0.3) is 0 Å². The quantitative estimate of drug-likeness (QED) is 0.716. The van der Waals surface area contributed by atoms with E-state index in [0.717, 1.165) is 29.8 Å². The molecule has 0 bridgehead atoms. The number of hydrogen-bond donors (Lipinski definition) is 0. The minimum atomic E-state index is 0.503. The molecule has 0 fully saturated rings. The number of aromatic nitrogens is 2. The van der Waals surface area contributed by atoms with Crippen LogP contribution in [0.4, 0.5) is 0 Å². The predicted molar refractivity (Wildman–Crippen MR) is 99.9 cm³/mol. The van der Waals surface area contributed by atoms with E-state index in [9.17, 15) is 0 Å². The van der Waals surface area contributed by atoms with Crippen molar-refractivity contribution in [1.29, 1.82) is 0 Å². The SMILES string of the molecule is CC(C)N(CCOc1cc(Cl)ccc1Cc1cnn(C)c1)C(C)C. The summed E-state index contributed by atoms with van der Waals surface area (Å²) in [7, 11) is 1.93. The lowest BCUT2D eigenvalue weighted by Crippen LogP contribution is -2.39. The number of nitrogens with zero attached hydrogens (tertiary/aromatic N) is 3. The highest BCUT2D eigenvalue weighted by atomic mass is 35.5. The Morgan fingerprint density at radius 3 is 2.50 bits per heavy atom. The van der Waals surface area contributed by atoms with Crippen LogP contribution in [0.5, 0.6) is 5.75 Å². The van der Waals surface area contributed by atoms with Gasteiger partial charge in [0.2, 0.25) is 0 Å². The summed E-state index contributed by atoms with van der Waals surface area (Å²) in [5.41, 5.74) is 2.30. The highest BCUT2D eigenvalue weighted by Gasteiger charge is 2.14. The summed E-state index contributed by atoms with van der Waals surface area (Å²) in [4.78, 5) is 2.42. The Morgan fingerprint density at radius 1 is 1.21 bits per heavy atom. The minimum absolute atomic E-state index is 0.503. The van der Waals surface area contributed by atoms with Gasteiger partial charge in [-0.05, 0) is 51.0 Å². The molecular formula is C19H28ClN3O. The van der Waals surface area contributed by atoms with Crippen LogP contribution in [0.15, 0.2) is 30.6 Å². The third kappa shape index (κ3) is 5.25. The minimum Gasteiger partial charge on any atom is -0.492 e. The van der Waals surface area contributed by atoms with Crippen LogP contribution in [0.2, 0.25) is 5.02 Å². The van der Waals surface area contributed by atoms with Gasteiger partial charge >= 0.3 is 0 Å². The van der Waals surface area contributed by atoms with E-state index in [-0.39, 0.29) is 0 Å². The standard InChI is InChI=1S/C19H28ClN3O/c1-14(2)23(15(3)4)8-9-24-19-11-18(20)7-6-17(19)10-16-12-21-22(5)13-16/h6-7,11-15H,8-10H2,1-5H3. The highest BCUT2D eigenvalue weighted by Crippen LogP contribution is 2.26. The van der Waals surface area contributed by atoms with Gasteiger partial charge in [-0.2, -0.15) is 5.10 Å². The summed E-state index contributed by atoms with van der Waals surface area (Å²) in [5.74, 6) is 0.860. The summed E-state index contributed by atoms with van der Waals surface area (Å²) in [6.45, 7) is 10.4. The van der Waals surface area contributed by atoms with Gasteiger partial charge in [-0.15, -0.1) is 0 Å². The van der Waals surface area contributed by atoms with Gasteiger partial charge in [0.05, 0.1) is 6.20 Å². The third-order valence-electron chi connectivity index (χ3n) is 4.12. The van der Waals surface area contributed by atoms with Crippen LogP contribution >= 0.6 is 11.6 Å². The van der Waals surface area contributed by atoms with Gasteiger partial charge in [0.15, 0.2) is 0 Å². The smallest absolute Gasteiger partial charge is 0.124 e. The van der Waals surface area contributed by atoms with Crippen LogP contribution in [0.3, 0.4) is 0 Å². The van der Waals surface area contributed by atoms with Crippen molar-refractivity contribution in [1.82, 2.24) is 14.7 Å². The number of ether oxygens (including phenoxy) is 1. The maximum atomic E-state index is 6.16. The van der Waals surface area contributed by atoms with Crippen LogP contribution in [-0.2, 0) is 13.5 Å². The van der Waals surface area contributed by atoms with E-state index in [4.69, 9.17) is 16.3 Å².